The van der Waals surface area contributed by atoms with E-state index in [-0.39, 0.29) is 11.6 Å². The molecular weight excluding hydrogens is 226 g/mol. The minimum absolute atomic E-state index is 0.00786. The Labute approximate surface area is 108 Å². The molecule has 0 bridgehead atoms. The van der Waals surface area contributed by atoms with Crippen molar-refractivity contribution in [3.8, 4) is 0 Å². The molecule has 0 N–H and O–H groups in total. The highest BCUT2D eigenvalue weighted by atomic mass is 16.6. The highest BCUT2D eigenvalue weighted by Gasteiger charge is 2.42. The lowest BCUT2D eigenvalue weighted by molar-refractivity contribution is -0.152. The van der Waals surface area contributed by atoms with Crippen LogP contribution in [0.15, 0.2) is 30.3 Å². The monoisotopic (exact) mass is 245 g/mol. The summed E-state index contributed by atoms with van der Waals surface area (Å²) in [6.07, 6.45) is 3.51. The number of piperidine rings is 1. The number of hydrogen-bond donors (Lipinski definition) is 0. The molecule has 0 unspecified atom stereocenters. The normalized spacial score (nSPS) is 23.2. The van der Waals surface area contributed by atoms with Crippen molar-refractivity contribution in [3.05, 3.63) is 35.9 Å². The molecule has 18 heavy (non-hydrogen) atoms. The third-order valence-corrected chi connectivity index (χ3v) is 4.13. The quantitative estimate of drug-likeness (QED) is 0.749. The molecule has 0 aliphatic carbocycles. The zero-order valence-corrected chi connectivity index (χ0v) is 10.6. The van der Waals surface area contributed by atoms with Gasteiger partial charge in [0.05, 0.1) is 0 Å². The first kappa shape index (κ1) is 11.7. The molecule has 0 saturated carbocycles. The standard InChI is InChI=1S/C15H19NO2/c17-14-6-7-15(18-14)8-10-16(11-9-15)12-13-4-2-1-3-5-13/h1-5H,6-12H2. The minimum atomic E-state index is -0.121. The second kappa shape index (κ2) is 4.73. The molecule has 0 aromatic heterocycles. The van der Waals surface area contributed by atoms with Gasteiger partial charge in [-0.2, -0.15) is 0 Å². The van der Waals surface area contributed by atoms with Gasteiger partial charge in [-0.05, 0) is 12.0 Å². The van der Waals surface area contributed by atoms with Crippen molar-refractivity contribution in [3.63, 3.8) is 0 Å². The van der Waals surface area contributed by atoms with Crippen molar-refractivity contribution in [2.45, 2.75) is 37.8 Å². The zero-order chi connectivity index (χ0) is 12.4. The molecule has 0 amide bonds. The van der Waals surface area contributed by atoms with Crippen LogP contribution in [0.2, 0.25) is 0 Å². The van der Waals surface area contributed by atoms with Crippen LogP contribution in [-0.2, 0) is 16.1 Å². The average molecular weight is 245 g/mol. The van der Waals surface area contributed by atoms with E-state index >= 15 is 0 Å². The Balaban J connectivity index is 1.56. The van der Waals surface area contributed by atoms with Gasteiger partial charge in [0.1, 0.15) is 5.60 Å². The van der Waals surface area contributed by atoms with E-state index in [0.29, 0.717) is 6.42 Å². The Kier molecular flexibility index (Phi) is 3.08. The van der Waals surface area contributed by atoms with Crippen LogP contribution in [0.25, 0.3) is 0 Å². The number of ether oxygens (including phenoxy) is 1. The summed E-state index contributed by atoms with van der Waals surface area (Å²) in [6.45, 7) is 3.06. The van der Waals surface area contributed by atoms with Gasteiger partial charge < -0.3 is 4.74 Å². The summed E-state index contributed by atoms with van der Waals surface area (Å²) in [6, 6.07) is 10.5. The van der Waals surface area contributed by atoms with E-state index in [2.05, 4.69) is 29.2 Å². The molecule has 1 aromatic rings. The summed E-state index contributed by atoms with van der Waals surface area (Å²) in [5.41, 5.74) is 1.24. The van der Waals surface area contributed by atoms with Crippen molar-refractivity contribution in [2.24, 2.45) is 0 Å². The van der Waals surface area contributed by atoms with Crippen molar-refractivity contribution < 1.29 is 9.53 Å². The minimum Gasteiger partial charge on any atom is -0.459 e. The van der Waals surface area contributed by atoms with Gasteiger partial charge in [-0.1, -0.05) is 30.3 Å². The molecule has 3 nitrogen and oxygen atoms in total. The first-order valence-corrected chi connectivity index (χ1v) is 6.74. The number of likely N-dealkylation sites (tertiary alicyclic amines) is 1. The third-order valence-electron chi connectivity index (χ3n) is 4.13. The molecular formula is C15H19NO2. The Morgan fingerprint density at radius 1 is 1.11 bits per heavy atom. The molecule has 1 spiro atoms. The Hall–Kier alpha value is -1.35. The molecule has 0 radical (unpaired) electrons. The summed E-state index contributed by atoms with van der Waals surface area (Å²) in [4.78, 5) is 13.7. The van der Waals surface area contributed by atoms with Gasteiger partial charge in [0.2, 0.25) is 0 Å². The predicted molar refractivity (Wildman–Crippen MR) is 69.0 cm³/mol. The molecule has 3 heteroatoms. The summed E-state index contributed by atoms with van der Waals surface area (Å²) >= 11 is 0. The van der Waals surface area contributed by atoms with E-state index in [1.807, 2.05) is 6.07 Å². The Morgan fingerprint density at radius 3 is 2.44 bits per heavy atom. The van der Waals surface area contributed by atoms with Crippen LogP contribution in [0, 0.1) is 0 Å². The predicted octanol–water partition coefficient (Wildman–Crippen LogP) is 2.36. The van der Waals surface area contributed by atoms with E-state index in [1.165, 1.54) is 5.56 Å². The van der Waals surface area contributed by atoms with E-state index in [4.69, 9.17) is 4.74 Å². The van der Waals surface area contributed by atoms with Gasteiger partial charge in [0.15, 0.2) is 0 Å². The molecule has 2 saturated heterocycles. The number of carbonyl (C=O) groups excluding carboxylic acids is 1. The fourth-order valence-electron chi connectivity index (χ4n) is 2.99. The van der Waals surface area contributed by atoms with Crippen LogP contribution in [0.5, 0.6) is 0 Å². The molecule has 2 aliphatic heterocycles. The van der Waals surface area contributed by atoms with Gasteiger partial charge >= 0.3 is 5.97 Å². The molecule has 1 aromatic carbocycles. The first-order chi connectivity index (χ1) is 8.76. The SMILES string of the molecule is O=C1CCC2(CCN(Cc3ccccc3)CC2)O1. The van der Waals surface area contributed by atoms with Crippen LogP contribution in [0.4, 0.5) is 0 Å². The maximum absolute atomic E-state index is 11.3. The lowest BCUT2D eigenvalue weighted by atomic mass is 9.88. The number of esters is 1. The zero-order valence-electron chi connectivity index (χ0n) is 10.6. The highest BCUT2D eigenvalue weighted by molar-refractivity contribution is 5.72. The largest absolute Gasteiger partial charge is 0.459 e. The number of nitrogens with zero attached hydrogens (tertiary/aromatic N) is 1. The number of benzene rings is 1. The van der Waals surface area contributed by atoms with Gasteiger partial charge in [0.25, 0.3) is 0 Å². The lowest BCUT2D eigenvalue weighted by Gasteiger charge is -2.38. The molecule has 3 rings (SSSR count). The lowest BCUT2D eigenvalue weighted by Crippen LogP contribution is -2.43. The summed E-state index contributed by atoms with van der Waals surface area (Å²) in [5, 5.41) is 0. The van der Waals surface area contributed by atoms with E-state index in [1.54, 1.807) is 0 Å². The van der Waals surface area contributed by atoms with Gasteiger partial charge in [-0.3, -0.25) is 9.69 Å². The second-order valence-electron chi connectivity index (χ2n) is 5.42. The number of carbonyl (C=O) groups is 1. The first-order valence-electron chi connectivity index (χ1n) is 6.74. The summed E-state index contributed by atoms with van der Waals surface area (Å²) < 4.78 is 5.52. The van der Waals surface area contributed by atoms with Gasteiger partial charge in [0, 0.05) is 38.9 Å². The maximum Gasteiger partial charge on any atom is 0.306 e. The maximum atomic E-state index is 11.3. The summed E-state index contributed by atoms with van der Waals surface area (Å²) in [5.74, 6) is -0.00786. The van der Waals surface area contributed by atoms with E-state index in [9.17, 15) is 4.79 Å². The Bertz CT molecular complexity index is 421. The number of hydrogen-bond acceptors (Lipinski definition) is 3. The van der Waals surface area contributed by atoms with Crippen molar-refractivity contribution in [1.82, 2.24) is 4.90 Å². The van der Waals surface area contributed by atoms with Crippen LogP contribution in [0.1, 0.15) is 31.2 Å². The Morgan fingerprint density at radius 2 is 1.83 bits per heavy atom. The van der Waals surface area contributed by atoms with Crippen LogP contribution >= 0.6 is 0 Å². The average Bonchev–Trinajstić information content (AvgIpc) is 2.75. The van der Waals surface area contributed by atoms with Crippen LogP contribution in [-0.4, -0.2) is 29.6 Å². The molecule has 2 fully saturated rings. The number of rotatable bonds is 2. The van der Waals surface area contributed by atoms with E-state index < -0.39 is 0 Å². The second-order valence-corrected chi connectivity index (χ2v) is 5.42. The van der Waals surface area contributed by atoms with Gasteiger partial charge in [-0.25, -0.2) is 0 Å². The molecule has 0 atom stereocenters. The molecule has 2 heterocycles. The smallest absolute Gasteiger partial charge is 0.306 e. The molecule has 96 valence electrons. The van der Waals surface area contributed by atoms with Gasteiger partial charge in [-0.15, -0.1) is 0 Å². The van der Waals surface area contributed by atoms with Crippen molar-refractivity contribution in [1.29, 1.82) is 0 Å². The highest BCUT2D eigenvalue weighted by Crippen LogP contribution is 2.36. The van der Waals surface area contributed by atoms with E-state index in [0.717, 1.165) is 38.9 Å². The van der Waals surface area contributed by atoms with Crippen molar-refractivity contribution >= 4 is 5.97 Å². The van der Waals surface area contributed by atoms with Crippen LogP contribution in [0.3, 0.4) is 0 Å². The molecule has 2 aliphatic rings. The van der Waals surface area contributed by atoms with Crippen molar-refractivity contribution in [2.75, 3.05) is 13.1 Å². The fraction of sp³-hybridized carbons (Fsp3) is 0.533. The third kappa shape index (κ3) is 2.41. The topological polar surface area (TPSA) is 29.5 Å². The van der Waals surface area contributed by atoms with Crippen LogP contribution < -0.4 is 0 Å². The fourth-order valence-corrected chi connectivity index (χ4v) is 2.99. The summed E-state index contributed by atoms with van der Waals surface area (Å²) in [7, 11) is 0.